The molecule has 180 valence electrons. The van der Waals surface area contributed by atoms with Gasteiger partial charge in [-0.1, -0.05) is 19.8 Å². The number of unbranched alkanes of at least 4 members (excludes halogenated alkanes) is 2. The topological polar surface area (TPSA) is 79.0 Å². The molecular formula is C28H31N5O2. The van der Waals surface area contributed by atoms with E-state index in [4.69, 9.17) is 4.74 Å². The molecule has 0 atom stereocenters. The molecule has 1 heterocycles. The molecule has 1 fully saturated rings. The van der Waals surface area contributed by atoms with Gasteiger partial charge in [0.25, 0.3) is 0 Å². The largest absolute Gasteiger partial charge is 0.462 e. The van der Waals surface area contributed by atoms with E-state index in [0.29, 0.717) is 23.5 Å². The Morgan fingerprint density at radius 2 is 1.17 bits per heavy atom. The van der Waals surface area contributed by atoms with Crippen molar-refractivity contribution >= 4 is 34.4 Å². The monoisotopic (exact) mass is 469 g/mol. The zero-order chi connectivity index (χ0) is 24.3. The predicted molar refractivity (Wildman–Crippen MR) is 139 cm³/mol. The molecule has 1 saturated heterocycles. The lowest BCUT2D eigenvalue weighted by atomic mass is 10.2. The summed E-state index contributed by atoms with van der Waals surface area (Å²) in [5.41, 5.74) is 4.69. The molecule has 1 aliphatic rings. The Bertz CT molecular complexity index is 1130. The number of carbonyl (C=O) groups is 1. The first kappa shape index (κ1) is 24.3. The number of anilines is 1. The number of hydrogen-bond donors (Lipinski definition) is 0. The third kappa shape index (κ3) is 7.30. The normalized spacial score (nSPS) is 13.7. The average Bonchev–Trinajstić information content (AvgIpc) is 3.45. The molecule has 0 aromatic heterocycles. The quantitative estimate of drug-likeness (QED) is 0.170. The highest BCUT2D eigenvalue weighted by atomic mass is 16.5. The summed E-state index contributed by atoms with van der Waals surface area (Å²) < 4.78 is 5.27. The second kappa shape index (κ2) is 12.6. The Hall–Kier alpha value is -3.87. The fraction of sp³-hybridized carbons (Fsp3) is 0.321. The van der Waals surface area contributed by atoms with Gasteiger partial charge >= 0.3 is 5.97 Å². The van der Waals surface area contributed by atoms with Crippen LogP contribution in [0.5, 0.6) is 0 Å². The van der Waals surface area contributed by atoms with Crippen LogP contribution in [0.4, 0.5) is 28.4 Å². The molecule has 0 aliphatic carbocycles. The molecule has 0 spiro atoms. The molecule has 0 unspecified atom stereocenters. The first-order valence-corrected chi connectivity index (χ1v) is 12.3. The summed E-state index contributed by atoms with van der Waals surface area (Å²) in [6.07, 6.45) is 5.57. The maximum atomic E-state index is 12.0. The van der Waals surface area contributed by atoms with Gasteiger partial charge in [0.05, 0.1) is 34.9 Å². The smallest absolute Gasteiger partial charge is 0.338 e. The van der Waals surface area contributed by atoms with E-state index in [2.05, 4.69) is 44.4 Å². The molecule has 0 radical (unpaired) electrons. The summed E-state index contributed by atoms with van der Waals surface area (Å²) in [6, 6.07) is 22.5. The Morgan fingerprint density at radius 3 is 1.66 bits per heavy atom. The van der Waals surface area contributed by atoms with Gasteiger partial charge in [-0.2, -0.15) is 20.5 Å². The van der Waals surface area contributed by atoms with E-state index < -0.39 is 0 Å². The molecule has 0 bridgehead atoms. The Morgan fingerprint density at radius 1 is 0.714 bits per heavy atom. The van der Waals surface area contributed by atoms with Crippen LogP contribution in [0.1, 0.15) is 49.4 Å². The minimum absolute atomic E-state index is 0.308. The van der Waals surface area contributed by atoms with Crippen LogP contribution in [-0.2, 0) is 4.74 Å². The van der Waals surface area contributed by atoms with E-state index in [-0.39, 0.29) is 5.97 Å². The highest BCUT2D eigenvalue weighted by molar-refractivity contribution is 5.89. The van der Waals surface area contributed by atoms with Crippen LogP contribution in [0.3, 0.4) is 0 Å². The maximum absolute atomic E-state index is 12.0. The average molecular weight is 470 g/mol. The SMILES string of the molecule is CCCCCOC(=O)c1ccc(/N=N/c2ccc(/N=N/c3ccc(N4CCCC4)cc3)cc2)cc1. The Labute approximate surface area is 206 Å². The molecule has 7 nitrogen and oxygen atoms in total. The molecule has 0 saturated carbocycles. The minimum atomic E-state index is -0.308. The fourth-order valence-corrected chi connectivity index (χ4v) is 3.79. The van der Waals surface area contributed by atoms with Crippen LogP contribution < -0.4 is 4.90 Å². The Kier molecular flexibility index (Phi) is 8.70. The van der Waals surface area contributed by atoms with Crippen molar-refractivity contribution in [3.8, 4) is 0 Å². The lowest BCUT2D eigenvalue weighted by Gasteiger charge is -2.17. The number of nitrogens with zero attached hydrogens (tertiary/aromatic N) is 5. The third-order valence-corrected chi connectivity index (χ3v) is 5.82. The predicted octanol–water partition coefficient (Wildman–Crippen LogP) is 8.46. The number of hydrogen-bond acceptors (Lipinski definition) is 7. The standard InChI is InChI=1S/C28H31N5O2/c1-2-3-6-21-35-28(34)22-7-9-23(10-8-22)29-30-24-11-13-25(14-12-24)31-32-26-15-17-27(18-16-26)33-19-4-5-20-33/h7-18H,2-6,19-21H2,1H3/b30-29+,32-31+. The van der Waals surface area contributed by atoms with Crippen LogP contribution in [0, 0.1) is 0 Å². The Balaban J connectivity index is 1.28. The number of carbonyl (C=O) groups excluding carboxylic acids is 1. The molecule has 7 heteroatoms. The van der Waals surface area contributed by atoms with E-state index in [1.54, 1.807) is 24.3 Å². The van der Waals surface area contributed by atoms with Gasteiger partial charge in [-0.15, -0.1) is 0 Å². The van der Waals surface area contributed by atoms with Crippen molar-refractivity contribution < 1.29 is 9.53 Å². The second-order valence-electron chi connectivity index (χ2n) is 8.52. The van der Waals surface area contributed by atoms with Crippen molar-refractivity contribution in [2.24, 2.45) is 20.5 Å². The summed E-state index contributed by atoms with van der Waals surface area (Å²) in [5, 5.41) is 17.2. The van der Waals surface area contributed by atoms with Crippen LogP contribution in [-0.4, -0.2) is 25.7 Å². The van der Waals surface area contributed by atoms with Crippen molar-refractivity contribution in [2.75, 3.05) is 24.6 Å². The first-order chi connectivity index (χ1) is 17.2. The van der Waals surface area contributed by atoms with Crippen molar-refractivity contribution in [2.45, 2.75) is 39.0 Å². The zero-order valence-electron chi connectivity index (χ0n) is 20.1. The molecule has 3 aromatic rings. The van der Waals surface area contributed by atoms with Gasteiger partial charge in [0, 0.05) is 18.8 Å². The third-order valence-electron chi connectivity index (χ3n) is 5.82. The number of benzene rings is 3. The van der Waals surface area contributed by atoms with E-state index in [9.17, 15) is 4.79 Å². The summed E-state index contributed by atoms with van der Waals surface area (Å²) in [5.74, 6) is -0.308. The van der Waals surface area contributed by atoms with Crippen molar-refractivity contribution in [3.05, 3.63) is 78.4 Å². The fourth-order valence-electron chi connectivity index (χ4n) is 3.79. The summed E-state index contributed by atoms with van der Waals surface area (Å²) in [7, 11) is 0. The van der Waals surface area contributed by atoms with Crippen molar-refractivity contribution in [1.29, 1.82) is 0 Å². The van der Waals surface area contributed by atoms with Gasteiger partial charge in [-0.3, -0.25) is 0 Å². The molecule has 0 N–H and O–H groups in total. The van der Waals surface area contributed by atoms with Gasteiger partial charge < -0.3 is 9.64 Å². The molecule has 3 aromatic carbocycles. The van der Waals surface area contributed by atoms with Gasteiger partial charge in [0.15, 0.2) is 0 Å². The van der Waals surface area contributed by atoms with E-state index >= 15 is 0 Å². The molecule has 1 aliphatic heterocycles. The number of ether oxygens (including phenoxy) is 1. The highest BCUT2D eigenvalue weighted by Crippen LogP contribution is 2.26. The number of azo groups is 2. The van der Waals surface area contributed by atoms with E-state index in [0.717, 1.165) is 43.7 Å². The lowest BCUT2D eigenvalue weighted by Crippen LogP contribution is -2.17. The zero-order valence-corrected chi connectivity index (χ0v) is 20.1. The van der Waals surface area contributed by atoms with Crippen molar-refractivity contribution in [1.82, 2.24) is 0 Å². The first-order valence-electron chi connectivity index (χ1n) is 12.3. The molecule has 35 heavy (non-hydrogen) atoms. The van der Waals surface area contributed by atoms with Crippen LogP contribution >= 0.6 is 0 Å². The molecule has 4 rings (SSSR count). The summed E-state index contributed by atoms with van der Waals surface area (Å²) in [6.45, 7) is 4.83. The highest BCUT2D eigenvalue weighted by Gasteiger charge is 2.11. The van der Waals surface area contributed by atoms with Gasteiger partial charge in [-0.25, -0.2) is 4.79 Å². The van der Waals surface area contributed by atoms with Gasteiger partial charge in [-0.05, 0) is 92.1 Å². The van der Waals surface area contributed by atoms with Gasteiger partial charge in [0.1, 0.15) is 0 Å². The lowest BCUT2D eigenvalue weighted by molar-refractivity contribution is 0.0498. The maximum Gasteiger partial charge on any atom is 0.338 e. The van der Waals surface area contributed by atoms with Crippen LogP contribution in [0.25, 0.3) is 0 Å². The van der Waals surface area contributed by atoms with Crippen LogP contribution in [0.2, 0.25) is 0 Å². The second-order valence-corrected chi connectivity index (χ2v) is 8.52. The van der Waals surface area contributed by atoms with Crippen LogP contribution in [0.15, 0.2) is 93.3 Å². The molecular weight excluding hydrogens is 438 g/mol. The van der Waals surface area contributed by atoms with Crippen molar-refractivity contribution in [3.63, 3.8) is 0 Å². The number of rotatable bonds is 10. The van der Waals surface area contributed by atoms with E-state index in [1.165, 1.54) is 18.5 Å². The summed E-state index contributed by atoms with van der Waals surface area (Å²) >= 11 is 0. The minimum Gasteiger partial charge on any atom is -0.462 e. The summed E-state index contributed by atoms with van der Waals surface area (Å²) in [4.78, 5) is 14.4. The number of esters is 1. The van der Waals surface area contributed by atoms with E-state index in [1.807, 2.05) is 36.4 Å². The van der Waals surface area contributed by atoms with Gasteiger partial charge in [0.2, 0.25) is 0 Å². The molecule has 0 amide bonds.